The van der Waals surface area contributed by atoms with Gasteiger partial charge in [-0.25, -0.2) is 9.97 Å². The first kappa shape index (κ1) is 8.89. The van der Waals surface area contributed by atoms with E-state index in [2.05, 4.69) is 15.0 Å². The molecule has 0 aliphatic heterocycles. The summed E-state index contributed by atoms with van der Waals surface area (Å²) >= 11 is 5.05. The number of imidazole rings is 1. The highest BCUT2D eigenvalue weighted by Crippen LogP contribution is 2.07. The highest BCUT2D eigenvalue weighted by molar-refractivity contribution is 7.71. The van der Waals surface area contributed by atoms with Gasteiger partial charge >= 0.3 is 6.01 Å². The standard InChI is InChI=1S/C8H8N4OS/c1-13-7-10-4-6(5-11-7)12-3-2-9-8(12)14/h2-5H,1H3,(H,9,14). The molecule has 0 aliphatic rings. The van der Waals surface area contributed by atoms with Crippen LogP contribution in [0.4, 0.5) is 0 Å². The highest BCUT2D eigenvalue weighted by Gasteiger charge is 1.99. The molecule has 5 nitrogen and oxygen atoms in total. The molecule has 0 saturated carbocycles. The van der Waals surface area contributed by atoms with Crippen LogP contribution in [0.3, 0.4) is 0 Å². The lowest BCUT2D eigenvalue weighted by Gasteiger charge is -2.01. The third-order valence-corrected chi connectivity index (χ3v) is 2.04. The Bertz CT molecular complexity index is 473. The molecule has 0 amide bonds. The van der Waals surface area contributed by atoms with E-state index < -0.39 is 0 Å². The molecule has 0 saturated heterocycles. The Morgan fingerprint density at radius 1 is 1.43 bits per heavy atom. The van der Waals surface area contributed by atoms with E-state index in [1.807, 2.05) is 6.20 Å². The number of nitrogens with zero attached hydrogens (tertiary/aromatic N) is 3. The third-order valence-electron chi connectivity index (χ3n) is 1.72. The van der Waals surface area contributed by atoms with Crippen LogP contribution in [0.2, 0.25) is 0 Å². The molecule has 1 N–H and O–H groups in total. The van der Waals surface area contributed by atoms with Crippen molar-refractivity contribution in [2.45, 2.75) is 0 Å². The second kappa shape index (κ2) is 3.59. The number of aromatic amines is 1. The average Bonchev–Trinajstić information content (AvgIpc) is 2.65. The zero-order valence-electron chi connectivity index (χ0n) is 7.47. The normalized spacial score (nSPS) is 10.1. The number of ether oxygens (including phenoxy) is 1. The molecule has 0 unspecified atom stereocenters. The number of methoxy groups -OCH3 is 1. The molecular formula is C8H8N4OS. The van der Waals surface area contributed by atoms with Gasteiger partial charge in [0.15, 0.2) is 4.77 Å². The van der Waals surface area contributed by atoms with Gasteiger partial charge in [0.05, 0.1) is 25.2 Å². The molecule has 2 heterocycles. The summed E-state index contributed by atoms with van der Waals surface area (Å²) in [6.45, 7) is 0. The Morgan fingerprint density at radius 3 is 2.64 bits per heavy atom. The van der Waals surface area contributed by atoms with Crippen LogP contribution in [0.25, 0.3) is 5.69 Å². The molecule has 0 aliphatic carbocycles. The second-order valence-corrected chi connectivity index (χ2v) is 2.95. The predicted octanol–water partition coefficient (Wildman–Crippen LogP) is 1.33. The molecule has 0 bridgehead atoms. The van der Waals surface area contributed by atoms with Crippen LogP contribution >= 0.6 is 12.2 Å². The van der Waals surface area contributed by atoms with Gasteiger partial charge in [-0.1, -0.05) is 0 Å². The molecule has 14 heavy (non-hydrogen) atoms. The van der Waals surface area contributed by atoms with Gasteiger partial charge in [-0.2, -0.15) is 0 Å². The Hall–Kier alpha value is -1.69. The van der Waals surface area contributed by atoms with Crippen LogP contribution in [0.15, 0.2) is 24.8 Å². The minimum Gasteiger partial charge on any atom is -0.467 e. The van der Waals surface area contributed by atoms with Crippen molar-refractivity contribution >= 4 is 12.2 Å². The summed E-state index contributed by atoms with van der Waals surface area (Å²) < 4.78 is 7.23. The van der Waals surface area contributed by atoms with E-state index in [4.69, 9.17) is 17.0 Å². The van der Waals surface area contributed by atoms with E-state index in [0.29, 0.717) is 10.8 Å². The maximum atomic E-state index is 5.05. The predicted molar refractivity (Wildman–Crippen MR) is 53.1 cm³/mol. The molecule has 0 spiro atoms. The maximum Gasteiger partial charge on any atom is 0.316 e. The van der Waals surface area contributed by atoms with Crippen LogP contribution in [0, 0.1) is 4.77 Å². The zero-order valence-corrected chi connectivity index (χ0v) is 8.28. The van der Waals surface area contributed by atoms with Crippen LogP contribution < -0.4 is 4.74 Å². The number of hydrogen-bond donors (Lipinski definition) is 1. The van der Waals surface area contributed by atoms with Crippen molar-refractivity contribution < 1.29 is 4.74 Å². The fourth-order valence-electron chi connectivity index (χ4n) is 1.06. The summed E-state index contributed by atoms with van der Waals surface area (Å²) in [6, 6.07) is 0.343. The molecule has 2 aromatic heterocycles. The van der Waals surface area contributed by atoms with Crippen molar-refractivity contribution in [3.8, 4) is 11.7 Å². The van der Waals surface area contributed by atoms with E-state index in [1.54, 1.807) is 23.2 Å². The van der Waals surface area contributed by atoms with Crippen molar-refractivity contribution in [1.82, 2.24) is 19.5 Å². The summed E-state index contributed by atoms with van der Waals surface area (Å²) in [4.78, 5) is 10.8. The van der Waals surface area contributed by atoms with Gasteiger partial charge in [-0.05, 0) is 12.2 Å². The number of aromatic nitrogens is 4. The van der Waals surface area contributed by atoms with Gasteiger partial charge in [0.1, 0.15) is 0 Å². The number of rotatable bonds is 2. The summed E-state index contributed by atoms with van der Waals surface area (Å²) in [7, 11) is 1.52. The molecule has 0 atom stereocenters. The van der Waals surface area contributed by atoms with Crippen molar-refractivity contribution in [1.29, 1.82) is 0 Å². The molecule has 0 fully saturated rings. The quantitative estimate of drug-likeness (QED) is 0.756. The minimum absolute atomic E-state index is 0.343. The van der Waals surface area contributed by atoms with Gasteiger partial charge < -0.3 is 9.72 Å². The Balaban J connectivity index is 2.44. The van der Waals surface area contributed by atoms with E-state index in [1.165, 1.54) is 7.11 Å². The fourth-order valence-corrected chi connectivity index (χ4v) is 1.30. The molecule has 72 valence electrons. The molecule has 2 aromatic rings. The summed E-state index contributed by atoms with van der Waals surface area (Å²) in [6.07, 6.45) is 6.87. The van der Waals surface area contributed by atoms with E-state index >= 15 is 0 Å². The van der Waals surface area contributed by atoms with Gasteiger partial charge in [0.25, 0.3) is 0 Å². The first-order valence-electron chi connectivity index (χ1n) is 3.93. The monoisotopic (exact) mass is 208 g/mol. The zero-order chi connectivity index (χ0) is 9.97. The van der Waals surface area contributed by atoms with Gasteiger partial charge in [-0.3, -0.25) is 4.57 Å². The minimum atomic E-state index is 0.343. The first-order valence-corrected chi connectivity index (χ1v) is 4.34. The molecule has 0 radical (unpaired) electrons. The molecule has 0 aromatic carbocycles. The Morgan fingerprint density at radius 2 is 2.14 bits per heavy atom. The lowest BCUT2D eigenvalue weighted by Crippen LogP contribution is -1.97. The number of nitrogens with one attached hydrogen (secondary N) is 1. The lowest BCUT2D eigenvalue weighted by molar-refractivity contribution is 0.379. The summed E-state index contributed by atoms with van der Waals surface area (Å²) in [5, 5.41) is 0. The molecule has 6 heteroatoms. The van der Waals surface area contributed by atoms with Crippen molar-refractivity contribution in [3.63, 3.8) is 0 Å². The van der Waals surface area contributed by atoms with E-state index in [9.17, 15) is 0 Å². The third kappa shape index (κ3) is 1.51. The van der Waals surface area contributed by atoms with Crippen LogP contribution in [-0.4, -0.2) is 26.6 Å². The van der Waals surface area contributed by atoms with Crippen molar-refractivity contribution in [2.75, 3.05) is 7.11 Å². The topological polar surface area (TPSA) is 55.7 Å². The number of H-pyrrole nitrogens is 1. The van der Waals surface area contributed by atoms with Gasteiger partial charge in [-0.15, -0.1) is 0 Å². The SMILES string of the molecule is COc1ncc(-n2cc[nH]c2=S)cn1. The number of hydrogen-bond acceptors (Lipinski definition) is 4. The van der Waals surface area contributed by atoms with Crippen LogP contribution in [-0.2, 0) is 0 Å². The van der Waals surface area contributed by atoms with E-state index in [0.717, 1.165) is 5.69 Å². The average molecular weight is 208 g/mol. The van der Waals surface area contributed by atoms with Crippen LogP contribution in [0.1, 0.15) is 0 Å². The fraction of sp³-hybridized carbons (Fsp3) is 0.125. The highest BCUT2D eigenvalue weighted by atomic mass is 32.1. The van der Waals surface area contributed by atoms with Gasteiger partial charge in [0, 0.05) is 12.4 Å². The van der Waals surface area contributed by atoms with Crippen molar-refractivity contribution in [2.24, 2.45) is 0 Å². The summed E-state index contributed by atoms with van der Waals surface area (Å²) in [5.41, 5.74) is 0.803. The van der Waals surface area contributed by atoms with E-state index in [-0.39, 0.29) is 0 Å². The van der Waals surface area contributed by atoms with Gasteiger partial charge in [0.2, 0.25) is 0 Å². The Kier molecular flexibility index (Phi) is 2.28. The smallest absolute Gasteiger partial charge is 0.316 e. The maximum absolute atomic E-state index is 5.05. The van der Waals surface area contributed by atoms with Crippen LogP contribution in [0.5, 0.6) is 6.01 Å². The Labute approximate surface area is 85.4 Å². The first-order chi connectivity index (χ1) is 6.81. The summed E-state index contributed by atoms with van der Waals surface area (Å²) in [5.74, 6) is 0. The second-order valence-electron chi connectivity index (χ2n) is 2.56. The lowest BCUT2D eigenvalue weighted by atomic mass is 10.5. The largest absolute Gasteiger partial charge is 0.467 e. The molecule has 2 rings (SSSR count). The van der Waals surface area contributed by atoms with Crippen molar-refractivity contribution in [3.05, 3.63) is 29.6 Å². The molecular weight excluding hydrogens is 200 g/mol.